The number of nitrogen functional groups attached to an aromatic ring is 1. The van der Waals surface area contributed by atoms with Crippen LogP contribution in [0.25, 0.3) is 10.1 Å². The van der Waals surface area contributed by atoms with Crippen LogP contribution in [0.2, 0.25) is 0 Å². The first-order chi connectivity index (χ1) is 10.3. The van der Waals surface area contributed by atoms with E-state index < -0.39 is 0 Å². The van der Waals surface area contributed by atoms with Gasteiger partial charge in [0.25, 0.3) is 0 Å². The molecular weight excluding hydrogens is 304 g/mol. The van der Waals surface area contributed by atoms with Crippen molar-refractivity contribution in [1.82, 2.24) is 14.6 Å². The van der Waals surface area contributed by atoms with Crippen LogP contribution >= 0.6 is 22.9 Å². The average molecular weight is 318 g/mol. The third kappa shape index (κ3) is 2.30. The summed E-state index contributed by atoms with van der Waals surface area (Å²) in [7, 11) is 0. The standard InChI is InChI=1S/C13H14N6S2/c14-12-15-16-13(20-12)19-7-5-18(6-8-19)11-9-3-1-2-4-10(9)21-17-11/h1-4H,5-8H2,(H2,14,15). The number of benzene rings is 1. The Hall–Kier alpha value is -1.93. The molecule has 1 aliphatic rings. The van der Waals surface area contributed by atoms with Crippen LogP contribution in [0.4, 0.5) is 16.1 Å². The van der Waals surface area contributed by atoms with E-state index in [-0.39, 0.29) is 0 Å². The second-order valence-electron chi connectivity index (χ2n) is 4.90. The Morgan fingerprint density at radius 1 is 1.00 bits per heavy atom. The Labute approximate surface area is 130 Å². The molecule has 0 unspecified atom stereocenters. The molecule has 1 aromatic carbocycles. The van der Waals surface area contributed by atoms with Gasteiger partial charge in [-0.15, -0.1) is 10.2 Å². The lowest BCUT2D eigenvalue weighted by molar-refractivity contribution is 0.647. The quantitative estimate of drug-likeness (QED) is 0.780. The number of fused-ring (bicyclic) bond motifs is 1. The number of rotatable bonds is 2. The minimum atomic E-state index is 0.526. The molecule has 0 amide bonds. The van der Waals surface area contributed by atoms with Crippen molar-refractivity contribution in [1.29, 1.82) is 0 Å². The van der Waals surface area contributed by atoms with Crippen LogP contribution in [0.15, 0.2) is 24.3 Å². The van der Waals surface area contributed by atoms with E-state index in [9.17, 15) is 0 Å². The highest BCUT2D eigenvalue weighted by Crippen LogP contribution is 2.30. The number of hydrogen-bond donors (Lipinski definition) is 1. The van der Waals surface area contributed by atoms with Crippen molar-refractivity contribution in [3.05, 3.63) is 24.3 Å². The Morgan fingerprint density at radius 2 is 1.76 bits per heavy atom. The van der Waals surface area contributed by atoms with Crippen molar-refractivity contribution in [2.75, 3.05) is 41.7 Å². The van der Waals surface area contributed by atoms with Crippen LogP contribution < -0.4 is 15.5 Å². The topological polar surface area (TPSA) is 71.2 Å². The van der Waals surface area contributed by atoms with Gasteiger partial charge >= 0.3 is 0 Å². The van der Waals surface area contributed by atoms with E-state index in [1.807, 2.05) is 0 Å². The third-order valence-corrected chi connectivity index (χ3v) is 5.27. The monoisotopic (exact) mass is 318 g/mol. The van der Waals surface area contributed by atoms with E-state index in [2.05, 4.69) is 48.6 Å². The van der Waals surface area contributed by atoms with E-state index in [0.717, 1.165) is 37.1 Å². The smallest absolute Gasteiger partial charge is 0.210 e. The zero-order chi connectivity index (χ0) is 14.2. The minimum absolute atomic E-state index is 0.526. The van der Waals surface area contributed by atoms with Crippen LogP contribution in [0.3, 0.4) is 0 Å². The van der Waals surface area contributed by atoms with Crippen molar-refractivity contribution >= 4 is 49.0 Å². The fourth-order valence-electron chi connectivity index (χ4n) is 2.56. The predicted octanol–water partition coefficient (Wildman–Crippen LogP) is 2.06. The Morgan fingerprint density at radius 3 is 2.52 bits per heavy atom. The van der Waals surface area contributed by atoms with Gasteiger partial charge in [-0.2, -0.15) is 4.37 Å². The fraction of sp³-hybridized carbons (Fsp3) is 0.308. The summed E-state index contributed by atoms with van der Waals surface area (Å²) in [5.41, 5.74) is 5.65. The molecule has 1 fully saturated rings. The van der Waals surface area contributed by atoms with E-state index in [1.54, 1.807) is 11.5 Å². The highest BCUT2D eigenvalue weighted by Gasteiger charge is 2.22. The van der Waals surface area contributed by atoms with Crippen LogP contribution in [0.1, 0.15) is 0 Å². The summed E-state index contributed by atoms with van der Waals surface area (Å²) in [6.45, 7) is 3.71. The largest absolute Gasteiger partial charge is 0.374 e. The summed E-state index contributed by atoms with van der Waals surface area (Å²) in [6, 6.07) is 8.39. The molecule has 21 heavy (non-hydrogen) atoms. The first kappa shape index (κ1) is 12.8. The number of nitrogens with zero attached hydrogens (tertiary/aromatic N) is 5. The van der Waals surface area contributed by atoms with Crippen LogP contribution in [-0.2, 0) is 0 Å². The van der Waals surface area contributed by atoms with Gasteiger partial charge < -0.3 is 15.5 Å². The lowest BCUT2D eigenvalue weighted by Gasteiger charge is -2.34. The molecule has 0 radical (unpaired) electrons. The molecule has 2 N–H and O–H groups in total. The molecule has 1 aliphatic heterocycles. The average Bonchev–Trinajstić information content (AvgIpc) is 3.14. The molecule has 6 nitrogen and oxygen atoms in total. The van der Waals surface area contributed by atoms with Crippen LogP contribution in [-0.4, -0.2) is 40.7 Å². The molecule has 4 rings (SSSR count). The summed E-state index contributed by atoms with van der Waals surface area (Å²) in [5.74, 6) is 1.10. The zero-order valence-corrected chi connectivity index (χ0v) is 12.9. The van der Waals surface area contributed by atoms with Crippen LogP contribution in [0.5, 0.6) is 0 Å². The summed E-state index contributed by atoms with van der Waals surface area (Å²) in [6.07, 6.45) is 0. The molecule has 3 aromatic rings. The van der Waals surface area contributed by atoms with E-state index in [1.165, 1.54) is 21.4 Å². The Balaban J connectivity index is 1.52. The molecule has 2 aromatic heterocycles. The summed E-state index contributed by atoms with van der Waals surface area (Å²) in [5, 5.41) is 10.7. The third-order valence-electron chi connectivity index (χ3n) is 3.64. The van der Waals surface area contributed by atoms with Gasteiger partial charge in [0.15, 0.2) is 0 Å². The molecular formula is C13H14N6S2. The van der Waals surface area contributed by atoms with Gasteiger partial charge in [0.05, 0.1) is 4.70 Å². The number of aromatic nitrogens is 3. The molecule has 1 saturated heterocycles. The lowest BCUT2D eigenvalue weighted by Crippen LogP contribution is -2.46. The maximum absolute atomic E-state index is 5.65. The second kappa shape index (κ2) is 5.12. The van der Waals surface area contributed by atoms with Gasteiger partial charge in [0.1, 0.15) is 5.82 Å². The number of anilines is 3. The van der Waals surface area contributed by atoms with E-state index in [4.69, 9.17) is 5.73 Å². The van der Waals surface area contributed by atoms with Crippen molar-refractivity contribution < 1.29 is 0 Å². The lowest BCUT2D eigenvalue weighted by atomic mass is 10.2. The van der Waals surface area contributed by atoms with E-state index >= 15 is 0 Å². The van der Waals surface area contributed by atoms with Gasteiger partial charge in [-0.3, -0.25) is 0 Å². The summed E-state index contributed by atoms with van der Waals surface area (Å²) >= 11 is 3.01. The Kier molecular flexibility index (Phi) is 3.12. The highest BCUT2D eigenvalue weighted by molar-refractivity contribution is 7.18. The molecule has 0 bridgehead atoms. The van der Waals surface area contributed by atoms with Crippen molar-refractivity contribution in [2.45, 2.75) is 0 Å². The number of piperazine rings is 1. The summed E-state index contributed by atoms with van der Waals surface area (Å²) < 4.78 is 5.87. The highest BCUT2D eigenvalue weighted by atomic mass is 32.1. The maximum atomic E-state index is 5.65. The first-order valence-electron chi connectivity index (χ1n) is 6.74. The second-order valence-corrected chi connectivity index (χ2v) is 6.69. The first-order valence-corrected chi connectivity index (χ1v) is 8.33. The molecule has 0 aliphatic carbocycles. The van der Waals surface area contributed by atoms with Gasteiger partial charge in [0.2, 0.25) is 10.3 Å². The van der Waals surface area contributed by atoms with Crippen LogP contribution in [0, 0.1) is 0 Å². The zero-order valence-electron chi connectivity index (χ0n) is 11.3. The van der Waals surface area contributed by atoms with Crippen molar-refractivity contribution in [3.8, 4) is 0 Å². The maximum Gasteiger partial charge on any atom is 0.210 e. The van der Waals surface area contributed by atoms with Gasteiger partial charge in [-0.1, -0.05) is 23.5 Å². The molecule has 0 atom stereocenters. The Bertz CT molecular complexity index is 759. The van der Waals surface area contributed by atoms with Gasteiger partial charge in [-0.05, 0) is 23.7 Å². The molecule has 8 heteroatoms. The fourth-order valence-corrected chi connectivity index (χ4v) is 4.02. The SMILES string of the molecule is Nc1nnc(N2CCN(c3nsc4ccccc34)CC2)s1. The summed E-state index contributed by atoms with van der Waals surface area (Å²) in [4.78, 5) is 4.58. The predicted molar refractivity (Wildman–Crippen MR) is 88.4 cm³/mol. The van der Waals surface area contributed by atoms with Gasteiger partial charge in [-0.25, -0.2) is 0 Å². The molecule has 3 heterocycles. The van der Waals surface area contributed by atoms with Crippen molar-refractivity contribution in [3.63, 3.8) is 0 Å². The number of hydrogen-bond acceptors (Lipinski definition) is 8. The molecule has 0 spiro atoms. The van der Waals surface area contributed by atoms with Gasteiger partial charge in [0, 0.05) is 31.6 Å². The van der Waals surface area contributed by atoms with Crippen molar-refractivity contribution in [2.24, 2.45) is 0 Å². The molecule has 0 saturated carbocycles. The molecule has 108 valence electrons. The number of nitrogens with two attached hydrogens (primary N) is 1. The van der Waals surface area contributed by atoms with E-state index in [0.29, 0.717) is 5.13 Å². The normalized spacial score (nSPS) is 15.8. The minimum Gasteiger partial charge on any atom is -0.374 e.